The number of hydrogen-bond acceptors (Lipinski definition) is 4. The molecule has 0 aromatic carbocycles. The number of rotatable bonds is 5. The summed E-state index contributed by atoms with van der Waals surface area (Å²) in [5.41, 5.74) is -0.784. The highest BCUT2D eigenvalue weighted by Crippen LogP contribution is 2.19. The van der Waals surface area contributed by atoms with E-state index in [2.05, 4.69) is 0 Å². The Morgan fingerprint density at radius 3 is 1.78 bits per heavy atom. The first kappa shape index (κ1) is 16.8. The summed E-state index contributed by atoms with van der Waals surface area (Å²) in [5, 5.41) is 0. The number of hydrogen-bond donors (Lipinski definition) is 0. The molecule has 4 nitrogen and oxygen atoms in total. The van der Waals surface area contributed by atoms with E-state index in [1.165, 1.54) is 0 Å². The summed E-state index contributed by atoms with van der Waals surface area (Å²) in [6, 6.07) is 0. The molecule has 0 saturated heterocycles. The van der Waals surface area contributed by atoms with Gasteiger partial charge in [-0.25, -0.2) is 0 Å². The van der Waals surface area contributed by atoms with Crippen molar-refractivity contribution in [3.05, 3.63) is 0 Å². The molecule has 18 heavy (non-hydrogen) atoms. The molecule has 4 heteroatoms. The molecule has 0 aliphatic rings. The highest BCUT2D eigenvalue weighted by atomic mass is 16.5. The number of ether oxygens (including phenoxy) is 1. The van der Waals surface area contributed by atoms with E-state index in [-0.39, 0.29) is 30.8 Å². The normalized spacial score (nSPS) is 12.1. The lowest BCUT2D eigenvalue weighted by atomic mass is 9.88. The van der Waals surface area contributed by atoms with Crippen LogP contribution in [0.5, 0.6) is 0 Å². The Balaban J connectivity index is 4.06. The lowest BCUT2D eigenvalue weighted by Crippen LogP contribution is -2.26. The molecule has 0 atom stereocenters. The van der Waals surface area contributed by atoms with Gasteiger partial charge in [-0.1, -0.05) is 20.8 Å². The van der Waals surface area contributed by atoms with Crippen LogP contribution >= 0.6 is 0 Å². The van der Waals surface area contributed by atoms with Crippen LogP contribution in [0.4, 0.5) is 0 Å². The summed E-state index contributed by atoms with van der Waals surface area (Å²) in [4.78, 5) is 34.5. The van der Waals surface area contributed by atoms with Crippen molar-refractivity contribution in [1.82, 2.24) is 0 Å². The molecule has 0 saturated carbocycles. The number of ketones is 2. The van der Waals surface area contributed by atoms with Crippen molar-refractivity contribution in [1.29, 1.82) is 0 Å². The van der Waals surface area contributed by atoms with E-state index in [1.54, 1.807) is 20.8 Å². The largest absolute Gasteiger partial charge is 0.465 e. The molecule has 0 amide bonds. The van der Waals surface area contributed by atoms with Crippen LogP contribution in [0, 0.1) is 10.8 Å². The van der Waals surface area contributed by atoms with Gasteiger partial charge >= 0.3 is 5.97 Å². The minimum absolute atomic E-state index is 0.0230. The Labute approximate surface area is 109 Å². The lowest BCUT2D eigenvalue weighted by molar-refractivity contribution is -0.154. The zero-order valence-electron chi connectivity index (χ0n) is 12.3. The molecule has 0 heterocycles. The molecule has 0 aliphatic carbocycles. The summed E-state index contributed by atoms with van der Waals surface area (Å²) in [5.74, 6) is -1.22. The van der Waals surface area contributed by atoms with E-state index in [4.69, 9.17) is 4.74 Å². The van der Waals surface area contributed by atoms with Crippen molar-refractivity contribution < 1.29 is 19.1 Å². The molecule has 0 spiro atoms. The summed E-state index contributed by atoms with van der Waals surface area (Å²) in [6.45, 7) is 10.9. The predicted octanol–water partition coefficient (Wildman–Crippen LogP) is 2.54. The van der Waals surface area contributed by atoms with Crippen LogP contribution in [0.15, 0.2) is 0 Å². The van der Waals surface area contributed by atoms with Crippen LogP contribution in [0.3, 0.4) is 0 Å². The van der Waals surface area contributed by atoms with Gasteiger partial charge in [-0.3, -0.25) is 14.4 Å². The Hall–Kier alpha value is -1.19. The maximum Gasteiger partial charge on any atom is 0.311 e. The Morgan fingerprint density at radius 1 is 0.889 bits per heavy atom. The average Bonchev–Trinajstić information content (AvgIpc) is 2.12. The first-order valence-electron chi connectivity index (χ1n) is 6.17. The number of carbonyl (C=O) groups is 3. The smallest absolute Gasteiger partial charge is 0.311 e. The standard InChI is InChI=1S/C14H24O4/c1-13(2,3)9-11(16)10(15)7-8-18-12(17)14(4,5)6/h7-9H2,1-6H3. The summed E-state index contributed by atoms with van der Waals surface area (Å²) < 4.78 is 4.95. The van der Waals surface area contributed by atoms with E-state index in [0.717, 1.165) is 0 Å². The van der Waals surface area contributed by atoms with Crippen molar-refractivity contribution in [2.45, 2.75) is 54.4 Å². The summed E-state index contributed by atoms with van der Waals surface area (Å²) in [6.07, 6.45) is 0.190. The van der Waals surface area contributed by atoms with Crippen molar-refractivity contribution in [3.63, 3.8) is 0 Å². The highest BCUT2D eigenvalue weighted by Gasteiger charge is 2.25. The van der Waals surface area contributed by atoms with Gasteiger partial charge < -0.3 is 4.74 Å². The molecule has 0 unspecified atom stereocenters. The molecule has 104 valence electrons. The topological polar surface area (TPSA) is 60.4 Å². The van der Waals surface area contributed by atoms with E-state index in [9.17, 15) is 14.4 Å². The first-order valence-corrected chi connectivity index (χ1v) is 6.17. The molecule has 0 aromatic rings. The second-order valence-electron chi connectivity index (χ2n) is 6.72. The third kappa shape index (κ3) is 7.20. The van der Waals surface area contributed by atoms with Crippen molar-refractivity contribution in [2.24, 2.45) is 10.8 Å². The van der Waals surface area contributed by atoms with Gasteiger partial charge in [-0.2, -0.15) is 0 Å². The maximum atomic E-state index is 11.5. The quantitative estimate of drug-likeness (QED) is 0.560. The lowest BCUT2D eigenvalue weighted by Gasteiger charge is -2.17. The van der Waals surface area contributed by atoms with Crippen molar-refractivity contribution >= 4 is 17.5 Å². The van der Waals surface area contributed by atoms with Crippen LogP contribution in [-0.2, 0) is 19.1 Å². The predicted molar refractivity (Wildman–Crippen MR) is 69.1 cm³/mol. The summed E-state index contributed by atoms with van der Waals surface area (Å²) in [7, 11) is 0. The molecular formula is C14H24O4. The zero-order valence-corrected chi connectivity index (χ0v) is 12.3. The van der Waals surface area contributed by atoms with Crippen molar-refractivity contribution in [3.8, 4) is 0 Å². The Kier molecular flexibility index (Phi) is 5.71. The van der Waals surface area contributed by atoms with E-state index in [1.807, 2.05) is 20.8 Å². The third-order valence-corrected chi connectivity index (χ3v) is 2.18. The van der Waals surface area contributed by atoms with E-state index in [0.29, 0.717) is 0 Å². The fourth-order valence-corrected chi connectivity index (χ4v) is 1.17. The first-order chi connectivity index (χ1) is 7.93. The van der Waals surface area contributed by atoms with Crippen LogP contribution in [0.25, 0.3) is 0 Å². The van der Waals surface area contributed by atoms with Crippen LogP contribution in [0.1, 0.15) is 54.4 Å². The van der Waals surface area contributed by atoms with Crippen LogP contribution in [0.2, 0.25) is 0 Å². The SMILES string of the molecule is CC(C)(C)CC(=O)C(=O)CCOC(=O)C(C)(C)C. The highest BCUT2D eigenvalue weighted by molar-refractivity contribution is 6.37. The van der Waals surface area contributed by atoms with Gasteiger partial charge in [0.15, 0.2) is 5.78 Å². The molecule has 0 radical (unpaired) electrons. The van der Waals surface area contributed by atoms with Gasteiger partial charge in [0.05, 0.1) is 12.0 Å². The molecule has 0 fully saturated rings. The van der Waals surface area contributed by atoms with Crippen molar-refractivity contribution in [2.75, 3.05) is 6.61 Å². The van der Waals surface area contributed by atoms with Gasteiger partial charge in [-0.15, -0.1) is 0 Å². The molecular weight excluding hydrogens is 232 g/mol. The fraction of sp³-hybridized carbons (Fsp3) is 0.786. The third-order valence-electron chi connectivity index (χ3n) is 2.18. The number of carbonyl (C=O) groups excluding carboxylic acids is 3. The van der Waals surface area contributed by atoms with E-state index < -0.39 is 17.0 Å². The maximum absolute atomic E-state index is 11.5. The molecule has 0 rings (SSSR count). The van der Waals surface area contributed by atoms with E-state index >= 15 is 0 Å². The van der Waals surface area contributed by atoms with Gasteiger partial charge in [0.25, 0.3) is 0 Å². The zero-order chi connectivity index (χ0) is 14.6. The second kappa shape index (κ2) is 6.12. The fourth-order valence-electron chi connectivity index (χ4n) is 1.17. The average molecular weight is 256 g/mol. The van der Waals surface area contributed by atoms with Gasteiger partial charge in [0, 0.05) is 12.8 Å². The van der Waals surface area contributed by atoms with Gasteiger partial charge in [0.2, 0.25) is 5.78 Å². The minimum Gasteiger partial charge on any atom is -0.465 e. The monoisotopic (exact) mass is 256 g/mol. The van der Waals surface area contributed by atoms with Crippen LogP contribution in [-0.4, -0.2) is 24.1 Å². The van der Waals surface area contributed by atoms with Crippen LogP contribution < -0.4 is 0 Å². The second-order valence-corrected chi connectivity index (χ2v) is 6.72. The Bertz CT molecular complexity index is 329. The molecule has 0 aromatic heterocycles. The van der Waals surface area contributed by atoms with Gasteiger partial charge in [0.1, 0.15) is 0 Å². The Morgan fingerprint density at radius 2 is 1.39 bits per heavy atom. The number of Topliss-reactive ketones (excluding diaryl/α,β-unsaturated/α-hetero) is 2. The molecule has 0 bridgehead atoms. The number of esters is 1. The molecule has 0 aliphatic heterocycles. The minimum atomic E-state index is -0.585. The van der Waals surface area contributed by atoms with Gasteiger partial charge in [-0.05, 0) is 26.2 Å². The molecule has 0 N–H and O–H groups in total. The summed E-state index contributed by atoms with van der Waals surface area (Å²) >= 11 is 0.